The van der Waals surface area contributed by atoms with Crippen LogP contribution in [0.25, 0.3) is 0 Å². The Morgan fingerprint density at radius 1 is 1.09 bits per heavy atom. The number of hydrogen-bond donors (Lipinski definition) is 2. The van der Waals surface area contributed by atoms with Gasteiger partial charge >= 0.3 is 0 Å². The van der Waals surface area contributed by atoms with Gasteiger partial charge in [-0.05, 0) is 61.6 Å². The molecule has 0 spiro atoms. The Morgan fingerprint density at radius 2 is 1.88 bits per heavy atom. The van der Waals surface area contributed by atoms with Crippen LogP contribution in [-0.2, 0) is 17.8 Å². The number of aliphatic imine (C=N–C) groups is 1. The first-order valence-electron chi connectivity index (χ1n) is 11.3. The van der Waals surface area contributed by atoms with Gasteiger partial charge in [-0.25, -0.2) is 0 Å². The second kappa shape index (κ2) is 12.0. The van der Waals surface area contributed by atoms with Crippen LogP contribution in [0, 0.1) is 0 Å². The van der Waals surface area contributed by atoms with E-state index in [9.17, 15) is 4.79 Å². The average molecular weight is 439 g/mol. The van der Waals surface area contributed by atoms with Crippen LogP contribution >= 0.6 is 0 Å². The van der Waals surface area contributed by atoms with Gasteiger partial charge in [-0.15, -0.1) is 0 Å². The van der Waals surface area contributed by atoms with Gasteiger partial charge in [-0.3, -0.25) is 9.79 Å². The Labute approximate surface area is 190 Å². The summed E-state index contributed by atoms with van der Waals surface area (Å²) in [7, 11) is 3.43. The van der Waals surface area contributed by atoms with Gasteiger partial charge in [-0.2, -0.15) is 0 Å². The Balaban J connectivity index is 1.41. The Bertz CT molecular complexity index is 912. The molecule has 0 radical (unpaired) electrons. The number of nitrogens with zero attached hydrogens (tertiary/aromatic N) is 2. The van der Waals surface area contributed by atoms with E-state index in [1.54, 1.807) is 14.2 Å². The van der Waals surface area contributed by atoms with Crippen molar-refractivity contribution in [1.82, 2.24) is 10.6 Å². The predicted molar refractivity (Wildman–Crippen MR) is 129 cm³/mol. The zero-order valence-electron chi connectivity index (χ0n) is 19.3. The van der Waals surface area contributed by atoms with Gasteiger partial charge in [0.15, 0.2) is 17.5 Å². The summed E-state index contributed by atoms with van der Waals surface area (Å²) in [6, 6.07) is 14.2. The van der Waals surface area contributed by atoms with E-state index in [1.165, 1.54) is 5.56 Å². The summed E-state index contributed by atoms with van der Waals surface area (Å²) in [6.07, 6.45) is 3.50. The van der Waals surface area contributed by atoms with Crippen molar-refractivity contribution in [2.24, 2.45) is 4.99 Å². The second-order valence-electron chi connectivity index (χ2n) is 7.69. The van der Waals surface area contributed by atoms with E-state index in [2.05, 4.69) is 39.9 Å². The molecule has 0 bridgehead atoms. The lowest BCUT2D eigenvalue weighted by atomic mass is 10.1. The molecule has 2 aromatic carbocycles. The van der Waals surface area contributed by atoms with Crippen LogP contribution in [0.3, 0.4) is 0 Å². The van der Waals surface area contributed by atoms with Gasteiger partial charge in [-0.1, -0.05) is 18.2 Å². The minimum Gasteiger partial charge on any atom is -0.493 e. The van der Waals surface area contributed by atoms with Gasteiger partial charge < -0.3 is 25.0 Å². The quantitative estimate of drug-likeness (QED) is 0.337. The molecule has 7 nitrogen and oxygen atoms in total. The first-order valence-corrected chi connectivity index (χ1v) is 11.3. The number of carbonyl (C=O) groups is 1. The minimum absolute atomic E-state index is 0.212. The van der Waals surface area contributed by atoms with E-state index < -0.39 is 0 Å². The topological polar surface area (TPSA) is 75.2 Å². The van der Waals surface area contributed by atoms with Crippen LogP contribution in [0.5, 0.6) is 11.5 Å². The Morgan fingerprint density at radius 3 is 2.53 bits per heavy atom. The predicted octanol–water partition coefficient (Wildman–Crippen LogP) is 3.52. The maximum absolute atomic E-state index is 11.9. The molecule has 2 N–H and O–H groups in total. The molecular weight excluding hydrogens is 404 g/mol. The maximum atomic E-state index is 11.9. The number of nitrogens with one attached hydrogen (secondary N) is 2. The van der Waals surface area contributed by atoms with Gasteiger partial charge in [0.25, 0.3) is 0 Å². The van der Waals surface area contributed by atoms with Crippen LogP contribution in [0.2, 0.25) is 0 Å². The van der Waals surface area contributed by atoms with Crippen molar-refractivity contribution in [3.05, 3.63) is 53.6 Å². The van der Waals surface area contributed by atoms with E-state index in [-0.39, 0.29) is 5.91 Å². The van der Waals surface area contributed by atoms with Crippen LogP contribution in [0.1, 0.15) is 37.3 Å². The van der Waals surface area contributed by atoms with Gasteiger partial charge in [0.2, 0.25) is 5.91 Å². The average Bonchev–Trinajstić information content (AvgIpc) is 3.25. The van der Waals surface area contributed by atoms with E-state index in [1.807, 2.05) is 30.0 Å². The molecule has 172 valence electrons. The molecule has 1 aliphatic rings. The normalized spacial score (nSPS) is 13.9. The van der Waals surface area contributed by atoms with E-state index in [0.29, 0.717) is 19.6 Å². The number of amides is 1. The molecule has 0 aliphatic carbocycles. The smallest absolute Gasteiger partial charge is 0.227 e. The van der Waals surface area contributed by atoms with Crippen molar-refractivity contribution in [3.63, 3.8) is 0 Å². The van der Waals surface area contributed by atoms with Crippen molar-refractivity contribution in [3.8, 4) is 11.5 Å². The molecule has 0 saturated carbocycles. The highest BCUT2D eigenvalue weighted by Gasteiger charge is 2.21. The van der Waals surface area contributed by atoms with Crippen molar-refractivity contribution in [1.29, 1.82) is 0 Å². The molecule has 2 aromatic rings. The van der Waals surface area contributed by atoms with Gasteiger partial charge in [0.1, 0.15) is 0 Å². The highest BCUT2D eigenvalue weighted by atomic mass is 16.5. The van der Waals surface area contributed by atoms with E-state index in [0.717, 1.165) is 61.1 Å². The lowest BCUT2D eigenvalue weighted by molar-refractivity contribution is -0.117. The molecule has 7 heteroatoms. The van der Waals surface area contributed by atoms with E-state index in [4.69, 9.17) is 9.47 Å². The van der Waals surface area contributed by atoms with Crippen LogP contribution in [0.4, 0.5) is 5.69 Å². The summed E-state index contributed by atoms with van der Waals surface area (Å²) in [5.74, 6) is 2.54. The summed E-state index contributed by atoms with van der Waals surface area (Å²) in [5.41, 5.74) is 3.34. The third-order valence-electron chi connectivity index (χ3n) is 5.47. The summed E-state index contributed by atoms with van der Waals surface area (Å²) < 4.78 is 11.0. The molecule has 1 aliphatic heterocycles. The third kappa shape index (κ3) is 6.39. The lowest BCUT2D eigenvalue weighted by Crippen LogP contribution is -2.37. The standard InChI is InChI=1S/C25H34N4O3/c1-4-32-23-17-19(11-14-22(23)31-3)7-5-15-27-25(26-2)28-18-20-9-12-21(13-10-20)29-16-6-8-24(29)30/h9-14,17H,4-8,15-16,18H2,1-3H3,(H2,26,27,28). The lowest BCUT2D eigenvalue weighted by Gasteiger charge is -2.16. The zero-order chi connectivity index (χ0) is 22.8. The maximum Gasteiger partial charge on any atom is 0.227 e. The molecule has 0 aromatic heterocycles. The number of methoxy groups -OCH3 is 1. The monoisotopic (exact) mass is 438 g/mol. The first kappa shape index (κ1) is 23.4. The highest BCUT2D eigenvalue weighted by molar-refractivity contribution is 5.95. The largest absolute Gasteiger partial charge is 0.493 e. The number of rotatable bonds is 10. The molecule has 3 rings (SSSR count). The first-order chi connectivity index (χ1) is 15.6. The summed E-state index contributed by atoms with van der Waals surface area (Å²) >= 11 is 0. The minimum atomic E-state index is 0.212. The van der Waals surface area contributed by atoms with Gasteiger partial charge in [0, 0.05) is 38.8 Å². The molecule has 1 saturated heterocycles. The molecule has 1 fully saturated rings. The van der Waals surface area contributed by atoms with Crippen LogP contribution in [0.15, 0.2) is 47.5 Å². The summed E-state index contributed by atoms with van der Waals surface area (Å²) in [5, 5.41) is 6.71. The number of anilines is 1. The van der Waals surface area contributed by atoms with Crippen molar-refractivity contribution in [2.75, 3.05) is 38.8 Å². The van der Waals surface area contributed by atoms with Gasteiger partial charge in [0.05, 0.1) is 13.7 Å². The zero-order valence-corrected chi connectivity index (χ0v) is 19.3. The number of aryl methyl sites for hydroxylation is 1. The number of carbonyl (C=O) groups excluding carboxylic acids is 1. The molecule has 32 heavy (non-hydrogen) atoms. The molecular formula is C25H34N4O3. The van der Waals surface area contributed by atoms with Crippen LogP contribution < -0.4 is 25.0 Å². The number of benzene rings is 2. The highest BCUT2D eigenvalue weighted by Crippen LogP contribution is 2.28. The fourth-order valence-electron chi connectivity index (χ4n) is 3.77. The number of guanidine groups is 1. The summed E-state index contributed by atoms with van der Waals surface area (Å²) in [4.78, 5) is 18.0. The fraction of sp³-hybridized carbons (Fsp3) is 0.440. The Kier molecular flexibility index (Phi) is 8.78. The van der Waals surface area contributed by atoms with Crippen molar-refractivity contribution < 1.29 is 14.3 Å². The SMILES string of the molecule is CCOc1cc(CCCNC(=NC)NCc2ccc(N3CCCC3=O)cc2)ccc1OC. The fourth-order valence-corrected chi connectivity index (χ4v) is 3.77. The van der Waals surface area contributed by atoms with Crippen molar-refractivity contribution >= 4 is 17.6 Å². The molecule has 1 amide bonds. The van der Waals surface area contributed by atoms with Crippen LogP contribution in [-0.4, -0.2) is 45.7 Å². The van der Waals surface area contributed by atoms with Crippen molar-refractivity contribution in [2.45, 2.75) is 39.2 Å². The Hall–Kier alpha value is -3.22. The third-order valence-corrected chi connectivity index (χ3v) is 5.47. The number of ether oxygens (including phenoxy) is 2. The number of hydrogen-bond acceptors (Lipinski definition) is 4. The molecule has 0 atom stereocenters. The van der Waals surface area contributed by atoms with E-state index >= 15 is 0 Å². The molecule has 0 unspecified atom stereocenters. The second-order valence-corrected chi connectivity index (χ2v) is 7.69. The molecule has 1 heterocycles. The summed E-state index contributed by atoms with van der Waals surface area (Å²) in [6.45, 7) is 4.88.